The number of rotatable bonds is 11. The highest BCUT2D eigenvalue weighted by atomic mass is 31.2. The number of nitrogens with two attached hydrogens (primary N) is 1. The smallest absolute Gasteiger partial charge is 0.317 e. The van der Waals surface area contributed by atoms with Crippen molar-refractivity contribution < 1.29 is 13.9 Å². The van der Waals surface area contributed by atoms with Crippen LogP contribution in [0.15, 0.2) is 41.5 Å². The van der Waals surface area contributed by atoms with Gasteiger partial charge in [0.1, 0.15) is 12.0 Å². The van der Waals surface area contributed by atoms with Crippen molar-refractivity contribution in [3.8, 4) is 5.75 Å². The number of hydrogen-bond acceptors (Lipinski definition) is 7. The lowest BCUT2D eigenvalue weighted by Gasteiger charge is -2.28. The summed E-state index contributed by atoms with van der Waals surface area (Å²) in [6, 6.07) is 8.31. The van der Waals surface area contributed by atoms with Crippen LogP contribution in [0.5, 0.6) is 5.75 Å². The van der Waals surface area contributed by atoms with Crippen molar-refractivity contribution >= 4 is 30.9 Å². The van der Waals surface area contributed by atoms with Gasteiger partial charge in [0.15, 0.2) is 11.2 Å². The lowest BCUT2D eigenvalue weighted by molar-refractivity contribution is -0.108. The van der Waals surface area contributed by atoms with E-state index in [1.807, 2.05) is 6.07 Å². The van der Waals surface area contributed by atoms with Crippen molar-refractivity contribution in [2.24, 2.45) is 5.41 Å². The van der Waals surface area contributed by atoms with E-state index in [1.54, 1.807) is 42.1 Å². The first kappa shape index (κ1) is 23.7. The van der Waals surface area contributed by atoms with Crippen LogP contribution in [-0.2, 0) is 15.9 Å². The van der Waals surface area contributed by atoms with Crippen LogP contribution in [0.25, 0.3) is 11.2 Å². The van der Waals surface area contributed by atoms with E-state index in [1.165, 1.54) is 0 Å². The molecule has 172 valence electrons. The molecule has 1 unspecified atom stereocenters. The summed E-state index contributed by atoms with van der Waals surface area (Å²) < 4.78 is 21.1. The molecule has 11 heteroatoms. The standard InChI is InChI=1S/C21H29N6O4P/c1-15(13-28)26-32(30,31-16-7-5-4-6-8-16)12-10-21(2,3)9-11-27-14-23-17-18(27)24-20(22)25-19(17)29/h4-8,13-15H,9-12H2,1-3H3,(H,26,30)(H3,22,24,25,29)/t15-,32?/m0/s1. The van der Waals surface area contributed by atoms with Gasteiger partial charge in [0.25, 0.3) is 5.56 Å². The number of H-pyrrole nitrogens is 1. The van der Waals surface area contributed by atoms with Crippen molar-refractivity contribution in [3.63, 3.8) is 0 Å². The van der Waals surface area contributed by atoms with Crippen molar-refractivity contribution in [3.05, 3.63) is 47.0 Å². The summed E-state index contributed by atoms with van der Waals surface area (Å²) in [5.41, 5.74) is 5.74. The zero-order chi connectivity index (χ0) is 23.4. The molecule has 2 aromatic heterocycles. The van der Waals surface area contributed by atoms with Crippen LogP contribution in [-0.4, -0.2) is 38.0 Å². The van der Waals surface area contributed by atoms with Gasteiger partial charge in [0.2, 0.25) is 5.95 Å². The van der Waals surface area contributed by atoms with E-state index in [-0.39, 0.29) is 28.6 Å². The molecule has 32 heavy (non-hydrogen) atoms. The molecule has 0 radical (unpaired) electrons. The van der Waals surface area contributed by atoms with E-state index in [0.717, 1.165) is 0 Å². The molecule has 0 aliphatic heterocycles. The van der Waals surface area contributed by atoms with Crippen LogP contribution in [0.3, 0.4) is 0 Å². The number of para-hydroxylation sites is 1. The Morgan fingerprint density at radius 1 is 1.31 bits per heavy atom. The number of carbonyl (C=O) groups is 1. The van der Waals surface area contributed by atoms with Crippen LogP contribution in [0.2, 0.25) is 0 Å². The summed E-state index contributed by atoms with van der Waals surface area (Å²) in [5.74, 6) is 0.524. The van der Waals surface area contributed by atoms with Gasteiger partial charge in [-0.2, -0.15) is 4.98 Å². The number of hydrogen-bond donors (Lipinski definition) is 3. The average Bonchev–Trinajstić information content (AvgIpc) is 3.15. The van der Waals surface area contributed by atoms with Gasteiger partial charge in [-0.25, -0.2) is 10.1 Å². The minimum absolute atomic E-state index is 0.0397. The molecule has 10 nitrogen and oxygen atoms in total. The monoisotopic (exact) mass is 460 g/mol. The second kappa shape index (κ2) is 9.67. The summed E-state index contributed by atoms with van der Waals surface area (Å²) >= 11 is 0. The van der Waals surface area contributed by atoms with Gasteiger partial charge in [-0.1, -0.05) is 32.0 Å². The van der Waals surface area contributed by atoms with Gasteiger partial charge >= 0.3 is 7.52 Å². The Balaban J connectivity index is 1.69. The maximum atomic E-state index is 13.5. The Hall–Kier alpha value is -2.97. The third kappa shape index (κ3) is 6.05. The largest absolute Gasteiger partial charge is 0.433 e. The van der Waals surface area contributed by atoms with Gasteiger partial charge in [-0.3, -0.25) is 14.3 Å². The Kier molecular flexibility index (Phi) is 7.16. The predicted molar refractivity (Wildman–Crippen MR) is 124 cm³/mol. The van der Waals surface area contributed by atoms with Crippen molar-refractivity contribution in [2.45, 2.75) is 46.2 Å². The summed E-state index contributed by atoms with van der Waals surface area (Å²) in [7, 11) is -3.32. The van der Waals surface area contributed by atoms with E-state index in [0.29, 0.717) is 37.1 Å². The molecule has 2 atom stereocenters. The van der Waals surface area contributed by atoms with Gasteiger partial charge < -0.3 is 19.6 Å². The Labute approximate surface area is 186 Å². The molecular formula is C21H29N6O4P. The second-order valence-corrected chi connectivity index (χ2v) is 10.8. The van der Waals surface area contributed by atoms with Crippen LogP contribution < -0.4 is 20.9 Å². The molecular weight excluding hydrogens is 431 g/mol. The number of aromatic nitrogens is 4. The van der Waals surface area contributed by atoms with Gasteiger partial charge in [0.05, 0.1) is 18.5 Å². The van der Waals surface area contributed by atoms with Gasteiger partial charge in [-0.05, 0) is 37.3 Å². The lowest BCUT2D eigenvalue weighted by Crippen LogP contribution is -2.29. The number of benzene rings is 1. The molecule has 0 aliphatic rings. The molecule has 4 N–H and O–H groups in total. The third-order valence-electron chi connectivity index (χ3n) is 5.21. The van der Waals surface area contributed by atoms with E-state index in [4.69, 9.17) is 10.3 Å². The molecule has 0 amide bonds. The highest BCUT2D eigenvalue weighted by Gasteiger charge is 2.30. The fourth-order valence-electron chi connectivity index (χ4n) is 3.26. The quantitative estimate of drug-likeness (QED) is 0.292. The summed E-state index contributed by atoms with van der Waals surface area (Å²) in [4.78, 5) is 33.8. The molecule has 0 saturated carbocycles. The van der Waals surface area contributed by atoms with E-state index >= 15 is 0 Å². The van der Waals surface area contributed by atoms with E-state index < -0.39 is 13.6 Å². The normalized spacial score (nSPS) is 14.7. The van der Waals surface area contributed by atoms with Crippen molar-refractivity contribution in [2.75, 3.05) is 11.9 Å². The SMILES string of the molecule is C[C@@H](C=O)NP(=O)(CCC(C)(C)CCn1cnc2c(=O)[nH]c(N)nc21)Oc1ccccc1. The lowest BCUT2D eigenvalue weighted by atomic mass is 9.86. The summed E-state index contributed by atoms with van der Waals surface area (Å²) in [5, 5.41) is 2.86. The number of aldehydes is 1. The maximum Gasteiger partial charge on any atom is 0.317 e. The second-order valence-electron chi connectivity index (χ2n) is 8.58. The number of carbonyl (C=O) groups excluding carboxylic acids is 1. The molecule has 2 heterocycles. The minimum Gasteiger partial charge on any atom is -0.433 e. The number of fused-ring (bicyclic) bond motifs is 1. The van der Waals surface area contributed by atoms with Crippen molar-refractivity contribution in [1.29, 1.82) is 0 Å². The highest BCUT2D eigenvalue weighted by molar-refractivity contribution is 7.57. The molecule has 3 rings (SSSR count). The molecule has 0 spiro atoms. The number of nitrogens with zero attached hydrogens (tertiary/aromatic N) is 3. The summed E-state index contributed by atoms with van der Waals surface area (Å²) in [6.07, 6.45) is 3.82. The summed E-state index contributed by atoms with van der Waals surface area (Å²) in [6.45, 7) is 6.33. The Morgan fingerprint density at radius 2 is 2.03 bits per heavy atom. The highest BCUT2D eigenvalue weighted by Crippen LogP contribution is 2.46. The molecule has 0 aliphatic carbocycles. The van der Waals surface area contributed by atoms with Crippen LogP contribution in [0, 0.1) is 5.41 Å². The van der Waals surface area contributed by atoms with E-state index in [2.05, 4.69) is 33.9 Å². The topological polar surface area (TPSA) is 145 Å². The fourth-order valence-corrected chi connectivity index (χ4v) is 5.58. The number of aryl methyl sites for hydroxylation is 1. The molecule has 0 saturated heterocycles. The first-order valence-electron chi connectivity index (χ1n) is 10.4. The maximum absolute atomic E-state index is 13.5. The molecule has 3 aromatic rings. The Bertz CT molecular complexity index is 1170. The molecule has 0 bridgehead atoms. The van der Waals surface area contributed by atoms with Gasteiger partial charge in [-0.15, -0.1) is 0 Å². The zero-order valence-electron chi connectivity index (χ0n) is 18.4. The number of nitrogens with one attached hydrogen (secondary N) is 2. The average molecular weight is 460 g/mol. The van der Waals surface area contributed by atoms with Crippen LogP contribution in [0.4, 0.5) is 5.95 Å². The number of imidazole rings is 1. The third-order valence-corrected chi connectivity index (χ3v) is 7.32. The van der Waals surface area contributed by atoms with Gasteiger partial charge in [0, 0.05) is 6.54 Å². The molecule has 0 fully saturated rings. The number of anilines is 1. The number of nitrogen functional groups attached to an aromatic ring is 1. The Morgan fingerprint density at radius 3 is 2.72 bits per heavy atom. The van der Waals surface area contributed by atoms with Crippen LogP contribution >= 0.6 is 7.52 Å². The van der Waals surface area contributed by atoms with Crippen molar-refractivity contribution in [1.82, 2.24) is 24.6 Å². The fraction of sp³-hybridized carbons (Fsp3) is 0.429. The van der Waals surface area contributed by atoms with Crippen LogP contribution in [0.1, 0.15) is 33.6 Å². The van der Waals surface area contributed by atoms with E-state index in [9.17, 15) is 14.2 Å². The predicted octanol–water partition coefficient (Wildman–Crippen LogP) is 2.96. The minimum atomic E-state index is -3.32. The zero-order valence-corrected chi connectivity index (χ0v) is 19.3. The first-order chi connectivity index (χ1) is 15.1. The number of aromatic amines is 1. The first-order valence-corrected chi connectivity index (χ1v) is 12.2. The molecule has 1 aromatic carbocycles.